The molecule has 0 atom stereocenters. The summed E-state index contributed by atoms with van der Waals surface area (Å²) in [4.78, 5) is 0. The summed E-state index contributed by atoms with van der Waals surface area (Å²) in [5.74, 6) is 0. The number of alkyl halides is 3. The predicted octanol–water partition coefficient (Wildman–Crippen LogP) is 4.73. The maximum Gasteiger partial charge on any atom is 0.416 e. The van der Waals surface area contributed by atoms with Crippen LogP contribution >= 0.6 is 22.6 Å². The zero-order valence-electron chi connectivity index (χ0n) is 10.9. The first-order valence-corrected chi connectivity index (χ1v) is 7.24. The van der Waals surface area contributed by atoms with Crippen LogP contribution in [0.4, 0.5) is 13.2 Å². The topological polar surface area (TPSA) is 20.2 Å². The van der Waals surface area contributed by atoms with Gasteiger partial charge in [0, 0.05) is 3.57 Å². The summed E-state index contributed by atoms with van der Waals surface area (Å²) in [6.07, 6.45) is -2.87. The molecule has 0 saturated heterocycles. The third kappa shape index (κ3) is 4.07. The van der Waals surface area contributed by atoms with Gasteiger partial charge in [-0.2, -0.15) is 13.2 Å². The largest absolute Gasteiger partial charge is 0.416 e. The van der Waals surface area contributed by atoms with E-state index in [9.17, 15) is 13.2 Å². The van der Waals surface area contributed by atoms with Crippen LogP contribution in [0.1, 0.15) is 16.7 Å². The number of aliphatic hydroxyl groups excluding tert-OH is 1. The fraction of sp³-hybridized carbons (Fsp3) is 0.125. The molecule has 110 valence electrons. The van der Waals surface area contributed by atoms with E-state index in [4.69, 9.17) is 5.11 Å². The molecule has 0 aliphatic carbocycles. The Labute approximate surface area is 134 Å². The second kappa shape index (κ2) is 6.62. The molecule has 1 N–H and O–H groups in total. The van der Waals surface area contributed by atoms with Crippen LogP contribution in [0.2, 0.25) is 0 Å². The van der Waals surface area contributed by atoms with Crippen molar-refractivity contribution in [3.8, 4) is 0 Å². The minimum atomic E-state index is -4.38. The van der Waals surface area contributed by atoms with Gasteiger partial charge < -0.3 is 5.11 Å². The van der Waals surface area contributed by atoms with Crippen molar-refractivity contribution in [3.05, 3.63) is 74.9 Å². The summed E-state index contributed by atoms with van der Waals surface area (Å²) < 4.78 is 39.4. The number of aliphatic hydroxyl groups is 1. The summed E-state index contributed by atoms with van der Waals surface area (Å²) >= 11 is 2.15. The summed E-state index contributed by atoms with van der Waals surface area (Å²) in [5, 5.41) is 9.14. The van der Waals surface area contributed by atoms with E-state index in [-0.39, 0.29) is 6.61 Å². The van der Waals surface area contributed by atoms with Gasteiger partial charge in [0.05, 0.1) is 12.2 Å². The van der Waals surface area contributed by atoms with Crippen LogP contribution in [0.15, 0.2) is 54.6 Å². The zero-order chi connectivity index (χ0) is 15.5. The first-order chi connectivity index (χ1) is 9.91. The quantitative estimate of drug-likeness (QED) is 0.734. The van der Waals surface area contributed by atoms with Crippen LogP contribution in [-0.4, -0.2) is 11.7 Å². The highest BCUT2D eigenvalue weighted by atomic mass is 127. The fourth-order valence-corrected chi connectivity index (χ4v) is 2.35. The maximum atomic E-state index is 12.8. The van der Waals surface area contributed by atoms with Gasteiger partial charge in [-0.3, -0.25) is 0 Å². The highest BCUT2D eigenvalue weighted by Crippen LogP contribution is 2.32. The fourth-order valence-electron chi connectivity index (χ4n) is 1.99. The van der Waals surface area contributed by atoms with Gasteiger partial charge in [-0.1, -0.05) is 30.3 Å². The third-order valence-electron chi connectivity index (χ3n) is 2.95. The molecule has 0 aliphatic heterocycles. The standard InChI is InChI=1S/C16H12F3IO/c17-16(18,19)13-3-1-2-12(10-13)15(8-9-21)11-4-6-14(20)7-5-11/h1-8,10,21H,9H2/b15-8+. The van der Waals surface area contributed by atoms with Gasteiger partial charge in [-0.05, 0) is 63.6 Å². The van der Waals surface area contributed by atoms with E-state index < -0.39 is 11.7 Å². The van der Waals surface area contributed by atoms with Gasteiger partial charge in [0.25, 0.3) is 0 Å². The Morgan fingerprint density at radius 3 is 2.29 bits per heavy atom. The van der Waals surface area contributed by atoms with Crippen molar-refractivity contribution in [1.82, 2.24) is 0 Å². The molecule has 0 radical (unpaired) electrons. The molecule has 0 unspecified atom stereocenters. The van der Waals surface area contributed by atoms with Crippen LogP contribution in [-0.2, 0) is 6.18 Å². The second-order valence-corrected chi connectivity index (χ2v) is 5.63. The number of halogens is 4. The van der Waals surface area contributed by atoms with E-state index in [1.54, 1.807) is 6.07 Å². The summed E-state index contributed by atoms with van der Waals surface area (Å²) in [6, 6.07) is 12.5. The Balaban J connectivity index is 2.49. The first-order valence-electron chi connectivity index (χ1n) is 6.16. The molecule has 21 heavy (non-hydrogen) atoms. The summed E-state index contributed by atoms with van der Waals surface area (Å²) in [6.45, 7) is -0.239. The van der Waals surface area contributed by atoms with Crippen molar-refractivity contribution in [2.24, 2.45) is 0 Å². The molecule has 0 fully saturated rings. The first kappa shape index (κ1) is 16.0. The highest BCUT2D eigenvalue weighted by Gasteiger charge is 2.30. The van der Waals surface area contributed by atoms with Crippen LogP contribution in [0.3, 0.4) is 0 Å². The van der Waals surface area contributed by atoms with Gasteiger partial charge in [0.15, 0.2) is 0 Å². The Hall–Kier alpha value is -1.34. The molecule has 2 aromatic carbocycles. The molecule has 2 aromatic rings. The Morgan fingerprint density at radius 2 is 1.71 bits per heavy atom. The number of benzene rings is 2. The van der Waals surface area contributed by atoms with Crippen molar-refractivity contribution in [1.29, 1.82) is 0 Å². The second-order valence-electron chi connectivity index (χ2n) is 4.39. The lowest BCUT2D eigenvalue weighted by Crippen LogP contribution is -2.05. The zero-order valence-corrected chi connectivity index (χ0v) is 13.0. The monoisotopic (exact) mass is 404 g/mol. The number of hydrogen-bond acceptors (Lipinski definition) is 1. The molecule has 0 aliphatic rings. The molecule has 5 heteroatoms. The van der Waals surface area contributed by atoms with Crippen LogP contribution in [0.25, 0.3) is 5.57 Å². The average Bonchev–Trinajstić information content (AvgIpc) is 2.45. The van der Waals surface area contributed by atoms with Gasteiger partial charge >= 0.3 is 6.18 Å². The molecular weight excluding hydrogens is 392 g/mol. The van der Waals surface area contributed by atoms with Crippen molar-refractivity contribution >= 4 is 28.2 Å². The third-order valence-corrected chi connectivity index (χ3v) is 3.67. The Kier molecular flexibility index (Phi) is 5.05. The van der Waals surface area contributed by atoms with Crippen molar-refractivity contribution in [3.63, 3.8) is 0 Å². The van der Waals surface area contributed by atoms with E-state index in [0.29, 0.717) is 11.1 Å². The van der Waals surface area contributed by atoms with Crippen LogP contribution in [0.5, 0.6) is 0 Å². The van der Waals surface area contributed by atoms with Gasteiger partial charge in [0.2, 0.25) is 0 Å². The van der Waals surface area contributed by atoms with Gasteiger partial charge in [-0.15, -0.1) is 0 Å². The molecule has 0 spiro atoms. The predicted molar refractivity (Wildman–Crippen MR) is 84.8 cm³/mol. The van der Waals surface area contributed by atoms with Crippen LogP contribution in [0, 0.1) is 3.57 Å². The molecule has 0 aromatic heterocycles. The number of hydrogen-bond donors (Lipinski definition) is 1. The molecule has 2 rings (SSSR count). The van der Waals surface area contributed by atoms with E-state index in [1.165, 1.54) is 12.1 Å². The summed E-state index contributed by atoms with van der Waals surface area (Å²) in [5.41, 5.74) is 1.08. The smallest absolute Gasteiger partial charge is 0.392 e. The van der Waals surface area contributed by atoms with Gasteiger partial charge in [0.1, 0.15) is 0 Å². The normalized spacial score (nSPS) is 12.5. The van der Waals surface area contributed by atoms with E-state index in [1.807, 2.05) is 24.3 Å². The highest BCUT2D eigenvalue weighted by molar-refractivity contribution is 14.1. The SMILES string of the molecule is OC/C=C(\c1ccc(I)cc1)c1cccc(C(F)(F)F)c1. The molecule has 0 amide bonds. The molecular formula is C16H12F3IO. The lowest BCUT2D eigenvalue weighted by Gasteiger charge is -2.12. The summed E-state index contributed by atoms with van der Waals surface area (Å²) in [7, 11) is 0. The Morgan fingerprint density at radius 1 is 1.05 bits per heavy atom. The van der Waals surface area contributed by atoms with Crippen molar-refractivity contribution in [2.45, 2.75) is 6.18 Å². The lowest BCUT2D eigenvalue weighted by atomic mass is 9.96. The van der Waals surface area contributed by atoms with E-state index in [2.05, 4.69) is 22.6 Å². The molecule has 0 heterocycles. The average molecular weight is 404 g/mol. The molecule has 0 bridgehead atoms. The van der Waals surface area contributed by atoms with Crippen LogP contribution < -0.4 is 0 Å². The lowest BCUT2D eigenvalue weighted by molar-refractivity contribution is -0.137. The van der Waals surface area contributed by atoms with Crippen molar-refractivity contribution < 1.29 is 18.3 Å². The maximum absolute atomic E-state index is 12.8. The minimum Gasteiger partial charge on any atom is -0.392 e. The minimum absolute atomic E-state index is 0.239. The van der Waals surface area contributed by atoms with E-state index in [0.717, 1.165) is 21.3 Å². The van der Waals surface area contributed by atoms with E-state index >= 15 is 0 Å². The van der Waals surface area contributed by atoms with Crippen molar-refractivity contribution in [2.75, 3.05) is 6.61 Å². The molecule has 1 nitrogen and oxygen atoms in total. The van der Waals surface area contributed by atoms with Gasteiger partial charge in [-0.25, -0.2) is 0 Å². The number of rotatable bonds is 3. The Bertz CT molecular complexity index is 645. The molecule has 0 saturated carbocycles.